The van der Waals surface area contributed by atoms with E-state index in [-0.39, 0.29) is 12.5 Å². The van der Waals surface area contributed by atoms with Crippen LogP contribution >= 0.6 is 0 Å². The summed E-state index contributed by atoms with van der Waals surface area (Å²) in [5.74, 6) is -1.94. The molecule has 2 amide bonds. The first-order chi connectivity index (χ1) is 13.9. The molecule has 0 aromatic heterocycles. The Labute approximate surface area is 171 Å². The zero-order chi connectivity index (χ0) is 21.5. The zero-order valence-corrected chi connectivity index (χ0v) is 16.9. The van der Waals surface area contributed by atoms with E-state index in [1.54, 1.807) is 0 Å². The van der Waals surface area contributed by atoms with E-state index in [9.17, 15) is 19.6 Å². The van der Waals surface area contributed by atoms with Crippen molar-refractivity contribution < 1.29 is 24.7 Å². The van der Waals surface area contributed by atoms with E-state index < -0.39 is 11.9 Å². The summed E-state index contributed by atoms with van der Waals surface area (Å²) in [6.45, 7) is 1.91. The molecule has 0 radical (unpaired) electrons. The molecule has 0 aliphatic rings. The highest BCUT2D eigenvalue weighted by Crippen LogP contribution is 2.08. The van der Waals surface area contributed by atoms with Crippen molar-refractivity contribution in [3.05, 3.63) is 42.5 Å². The standard InChI is InChI=1S/C21H31N3O5/c1-23(16-8-9-17-24(29)20(26)13-14-21(27)28)15-7-3-6-12-19(25)22-18-10-4-2-5-11-18/h2,4-5,10-11,13-14,29H,3,6-9,12,15-17H2,1H3,(H,22,25)(H,27,28). The molecule has 1 aromatic carbocycles. The van der Waals surface area contributed by atoms with Gasteiger partial charge in [0.05, 0.1) is 0 Å². The summed E-state index contributed by atoms with van der Waals surface area (Å²) < 4.78 is 0. The number of hydroxylamine groups is 2. The van der Waals surface area contributed by atoms with Gasteiger partial charge in [-0.15, -0.1) is 0 Å². The van der Waals surface area contributed by atoms with E-state index in [2.05, 4.69) is 10.2 Å². The fourth-order valence-corrected chi connectivity index (χ4v) is 2.68. The smallest absolute Gasteiger partial charge is 0.328 e. The lowest BCUT2D eigenvalue weighted by atomic mass is 10.1. The maximum absolute atomic E-state index is 11.9. The van der Waals surface area contributed by atoms with Crippen LogP contribution in [-0.4, -0.2) is 64.7 Å². The minimum atomic E-state index is -1.23. The van der Waals surface area contributed by atoms with E-state index >= 15 is 0 Å². The molecule has 8 heteroatoms. The number of hydrogen-bond donors (Lipinski definition) is 3. The topological polar surface area (TPSA) is 110 Å². The number of carboxylic acids is 1. The Kier molecular flexibility index (Phi) is 12.0. The lowest BCUT2D eigenvalue weighted by molar-refractivity contribution is -0.159. The highest BCUT2D eigenvalue weighted by Gasteiger charge is 2.08. The molecular formula is C21H31N3O5. The second-order valence-corrected chi connectivity index (χ2v) is 6.87. The van der Waals surface area contributed by atoms with Gasteiger partial charge in [-0.05, 0) is 58.0 Å². The molecule has 0 atom stereocenters. The first kappa shape index (κ1) is 24.3. The molecular weight excluding hydrogens is 374 g/mol. The number of carbonyl (C=O) groups excluding carboxylic acids is 2. The SMILES string of the molecule is CN(CCCCCC(=O)Nc1ccccc1)CCCCN(O)C(=O)C=CC(=O)O. The van der Waals surface area contributed by atoms with Gasteiger partial charge in [-0.1, -0.05) is 24.6 Å². The van der Waals surface area contributed by atoms with Crippen LogP contribution in [0.4, 0.5) is 5.69 Å². The fraction of sp³-hybridized carbons (Fsp3) is 0.476. The van der Waals surface area contributed by atoms with Gasteiger partial charge < -0.3 is 15.3 Å². The minimum Gasteiger partial charge on any atom is -0.478 e. The quantitative estimate of drug-likeness (QED) is 0.190. The highest BCUT2D eigenvalue weighted by molar-refractivity contribution is 5.93. The summed E-state index contributed by atoms with van der Waals surface area (Å²) in [6.07, 6.45) is 6.28. The van der Waals surface area contributed by atoms with Gasteiger partial charge in [0.15, 0.2) is 0 Å². The van der Waals surface area contributed by atoms with Crippen molar-refractivity contribution >= 4 is 23.5 Å². The van der Waals surface area contributed by atoms with E-state index in [1.807, 2.05) is 37.4 Å². The molecule has 0 heterocycles. The van der Waals surface area contributed by atoms with Crippen molar-refractivity contribution in [1.29, 1.82) is 0 Å². The van der Waals surface area contributed by atoms with Crippen molar-refractivity contribution in [2.24, 2.45) is 0 Å². The summed E-state index contributed by atoms with van der Waals surface area (Å²) in [4.78, 5) is 35.8. The third kappa shape index (κ3) is 12.4. The average molecular weight is 405 g/mol. The molecule has 0 spiro atoms. The Morgan fingerprint density at radius 3 is 2.21 bits per heavy atom. The predicted octanol–water partition coefficient (Wildman–Crippen LogP) is 2.76. The molecule has 160 valence electrons. The predicted molar refractivity (Wildman–Crippen MR) is 111 cm³/mol. The van der Waals surface area contributed by atoms with Crippen molar-refractivity contribution in [1.82, 2.24) is 9.96 Å². The van der Waals surface area contributed by atoms with Gasteiger partial charge in [-0.2, -0.15) is 0 Å². The molecule has 0 saturated carbocycles. The molecule has 0 aliphatic carbocycles. The largest absolute Gasteiger partial charge is 0.478 e. The summed E-state index contributed by atoms with van der Waals surface area (Å²) in [7, 11) is 2.01. The van der Waals surface area contributed by atoms with Gasteiger partial charge in [0.2, 0.25) is 5.91 Å². The van der Waals surface area contributed by atoms with Gasteiger partial charge in [0, 0.05) is 30.8 Å². The lowest BCUT2D eigenvalue weighted by Gasteiger charge is -2.17. The van der Waals surface area contributed by atoms with Crippen LogP contribution in [0.3, 0.4) is 0 Å². The van der Waals surface area contributed by atoms with Crippen LogP contribution in [0.5, 0.6) is 0 Å². The Bertz CT molecular complexity index is 664. The normalized spacial score (nSPS) is 11.0. The Hall–Kier alpha value is -2.71. The molecule has 1 rings (SSSR count). The average Bonchev–Trinajstić information content (AvgIpc) is 2.69. The van der Waals surface area contributed by atoms with Crippen LogP contribution in [0.15, 0.2) is 42.5 Å². The van der Waals surface area contributed by atoms with Gasteiger partial charge in [-0.25, -0.2) is 9.86 Å². The van der Waals surface area contributed by atoms with E-state index in [4.69, 9.17) is 5.11 Å². The summed E-state index contributed by atoms with van der Waals surface area (Å²) in [5.41, 5.74) is 0.818. The Balaban J connectivity index is 2.02. The van der Waals surface area contributed by atoms with E-state index in [0.717, 1.165) is 50.5 Å². The van der Waals surface area contributed by atoms with Crippen LogP contribution in [0.25, 0.3) is 0 Å². The highest BCUT2D eigenvalue weighted by atomic mass is 16.5. The van der Waals surface area contributed by atoms with Crippen LogP contribution in [0, 0.1) is 0 Å². The molecule has 1 aromatic rings. The second-order valence-electron chi connectivity index (χ2n) is 6.87. The lowest BCUT2D eigenvalue weighted by Crippen LogP contribution is -2.28. The molecule has 0 aliphatic heterocycles. The first-order valence-electron chi connectivity index (χ1n) is 9.83. The van der Waals surface area contributed by atoms with Gasteiger partial charge in [0.1, 0.15) is 0 Å². The Morgan fingerprint density at radius 2 is 1.55 bits per heavy atom. The number of para-hydroxylation sites is 1. The first-order valence-corrected chi connectivity index (χ1v) is 9.83. The molecule has 0 bridgehead atoms. The maximum Gasteiger partial charge on any atom is 0.328 e. The van der Waals surface area contributed by atoms with Crippen molar-refractivity contribution in [3.8, 4) is 0 Å². The molecule has 3 N–H and O–H groups in total. The number of anilines is 1. The van der Waals surface area contributed by atoms with Crippen molar-refractivity contribution in [3.63, 3.8) is 0 Å². The molecule has 0 saturated heterocycles. The number of hydrogen-bond acceptors (Lipinski definition) is 5. The molecule has 0 fully saturated rings. The number of unbranched alkanes of at least 4 members (excludes halogenated alkanes) is 3. The van der Waals surface area contributed by atoms with Crippen LogP contribution < -0.4 is 5.32 Å². The Morgan fingerprint density at radius 1 is 0.931 bits per heavy atom. The zero-order valence-electron chi connectivity index (χ0n) is 16.9. The van der Waals surface area contributed by atoms with Crippen LogP contribution in [0.1, 0.15) is 38.5 Å². The monoisotopic (exact) mass is 405 g/mol. The summed E-state index contributed by atoms with van der Waals surface area (Å²) in [5, 5.41) is 21.4. The van der Waals surface area contributed by atoms with Gasteiger partial charge in [-0.3, -0.25) is 14.8 Å². The maximum atomic E-state index is 11.9. The number of benzene rings is 1. The minimum absolute atomic E-state index is 0.0332. The molecule has 29 heavy (non-hydrogen) atoms. The third-order valence-corrected chi connectivity index (χ3v) is 4.28. The number of amides is 2. The van der Waals surface area contributed by atoms with Crippen LogP contribution in [-0.2, 0) is 14.4 Å². The molecule has 8 nitrogen and oxygen atoms in total. The number of rotatable bonds is 14. The number of nitrogens with zero attached hydrogens (tertiary/aromatic N) is 2. The van der Waals surface area contributed by atoms with Crippen molar-refractivity contribution in [2.45, 2.75) is 38.5 Å². The number of aliphatic carboxylic acids is 1. The fourth-order valence-electron chi connectivity index (χ4n) is 2.68. The number of nitrogens with one attached hydrogen (secondary N) is 1. The summed E-state index contributed by atoms with van der Waals surface area (Å²) in [6, 6.07) is 9.41. The second kappa shape index (κ2) is 14.3. The van der Waals surface area contributed by atoms with Crippen molar-refractivity contribution in [2.75, 3.05) is 32.0 Å². The van der Waals surface area contributed by atoms with Gasteiger partial charge in [0.25, 0.3) is 5.91 Å². The molecule has 0 unspecified atom stereocenters. The third-order valence-electron chi connectivity index (χ3n) is 4.28. The van der Waals surface area contributed by atoms with E-state index in [0.29, 0.717) is 24.0 Å². The summed E-state index contributed by atoms with van der Waals surface area (Å²) >= 11 is 0. The van der Waals surface area contributed by atoms with Gasteiger partial charge >= 0.3 is 5.97 Å². The number of carbonyl (C=O) groups is 3. The van der Waals surface area contributed by atoms with Crippen LogP contribution in [0.2, 0.25) is 0 Å². The number of carboxylic acid groups (broad SMARTS) is 1. The van der Waals surface area contributed by atoms with E-state index in [1.165, 1.54) is 0 Å².